The smallest absolute Gasteiger partial charge is 0.307 e. The van der Waals surface area contributed by atoms with Gasteiger partial charge in [0.2, 0.25) is 0 Å². The summed E-state index contributed by atoms with van der Waals surface area (Å²) >= 11 is 0. The molecule has 2 N–H and O–H groups in total. The van der Waals surface area contributed by atoms with Crippen molar-refractivity contribution in [3.05, 3.63) is 11.6 Å². The van der Waals surface area contributed by atoms with Gasteiger partial charge in [-0.05, 0) is 19.8 Å². The lowest BCUT2D eigenvalue weighted by Crippen LogP contribution is -2.31. The Bertz CT molecular complexity index is 269. The summed E-state index contributed by atoms with van der Waals surface area (Å²) in [4.78, 5) is 21.4. The van der Waals surface area contributed by atoms with Crippen LogP contribution in [0.3, 0.4) is 0 Å². The minimum Gasteiger partial charge on any atom is -0.481 e. The van der Waals surface area contributed by atoms with E-state index < -0.39 is 23.8 Å². The van der Waals surface area contributed by atoms with Crippen LogP contribution in [0.15, 0.2) is 11.6 Å². The van der Waals surface area contributed by atoms with Gasteiger partial charge < -0.3 is 10.2 Å². The minimum atomic E-state index is -1.02. The zero-order valence-electron chi connectivity index (χ0n) is 11.4. The fourth-order valence-electron chi connectivity index (χ4n) is 1.60. The molecule has 4 heteroatoms. The fourth-order valence-corrected chi connectivity index (χ4v) is 1.60. The van der Waals surface area contributed by atoms with Crippen molar-refractivity contribution in [2.75, 3.05) is 0 Å². The maximum atomic E-state index is 10.7. The van der Waals surface area contributed by atoms with Crippen LogP contribution in [0, 0.1) is 11.8 Å². The molecule has 0 fully saturated rings. The lowest BCUT2D eigenvalue weighted by atomic mass is 9.80. The molecule has 0 amide bonds. The van der Waals surface area contributed by atoms with Gasteiger partial charge in [0.1, 0.15) is 0 Å². The van der Waals surface area contributed by atoms with Crippen LogP contribution in [0.25, 0.3) is 0 Å². The molecular weight excluding hydrogens is 220 g/mol. The number of hydrogen-bond acceptors (Lipinski definition) is 2. The highest BCUT2D eigenvalue weighted by atomic mass is 16.4. The molecule has 0 spiro atoms. The van der Waals surface area contributed by atoms with E-state index in [2.05, 4.69) is 0 Å². The molecule has 1 rings (SSSR count). The van der Waals surface area contributed by atoms with E-state index in [4.69, 9.17) is 10.2 Å². The van der Waals surface area contributed by atoms with E-state index >= 15 is 0 Å². The number of allylic oxidation sites excluding steroid dienone is 2. The number of rotatable bonds is 2. The second-order valence-electron chi connectivity index (χ2n) is 3.38. The van der Waals surface area contributed by atoms with E-state index in [1.54, 1.807) is 6.08 Å². The molecule has 0 unspecified atom stereocenters. The molecule has 0 heterocycles. The minimum absolute atomic E-state index is 0.331. The Morgan fingerprint density at radius 2 is 1.47 bits per heavy atom. The van der Waals surface area contributed by atoms with Crippen LogP contribution < -0.4 is 0 Å². The van der Waals surface area contributed by atoms with E-state index in [0.29, 0.717) is 12.8 Å². The molecule has 17 heavy (non-hydrogen) atoms. The van der Waals surface area contributed by atoms with Gasteiger partial charge in [0, 0.05) is 0 Å². The maximum Gasteiger partial charge on any atom is 0.307 e. The van der Waals surface area contributed by atoms with Gasteiger partial charge in [-0.2, -0.15) is 0 Å². The van der Waals surface area contributed by atoms with Crippen LogP contribution >= 0.6 is 0 Å². The summed E-state index contributed by atoms with van der Waals surface area (Å²) < 4.78 is 0. The quantitative estimate of drug-likeness (QED) is 0.731. The van der Waals surface area contributed by atoms with E-state index in [1.807, 2.05) is 34.6 Å². The molecule has 100 valence electrons. The van der Waals surface area contributed by atoms with E-state index in [0.717, 1.165) is 5.57 Å². The summed E-state index contributed by atoms with van der Waals surface area (Å²) in [5.74, 6) is -3.56. The summed E-state index contributed by atoms with van der Waals surface area (Å²) in [5, 5.41) is 17.5. The van der Waals surface area contributed by atoms with Gasteiger partial charge in [-0.15, -0.1) is 0 Å². The molecule has 0 bridgehead atoms. The molecule has 0 saturated carbocycles. The average Bonchev–Trinajstić information content (AvgIpc) is 2.33. The van der Waals surface area contributed by atoms with Crippen molar-refractivity contribution in [3.63, 3.8) is 0 Å². The standard InChI is InChI=1S/C9H12O4.2C2H6/c1-5-2-3-6(8(10)11)7(4-5)9(12)13;2*1-2/h2,6-7H,3-4H2,1H3,(H,10,11)(H,12,13);2*1-2H3/t6-,7+;;/m0../s1. The highest BCUT2D eigenvalue weighted by Crippen LogP contribution is 2.29. The highest BCUT2D eigenvalue weighted by molar-refractivity contribution is 5.80. The first-order valence-corrected chi connectivity index (χ1v) is 6.13. The molecule has 0 radical (unpaired) electrons. The Balaban J connectivity index is 0. The molecule has 0 aromatic rings. The lowest BCUT2D eigenvalue weighted by Gasteiger charge is -2.23. The van der Waals surface area contributed by atoms with Crippen LogP contribution in [0.4, 0.5) is 0 Å². The summed E-state index contributed by atoms with van der Waals surface area (Å²) in [6.07, 6.45) is 2.49. The van der Waals surface area contributed by atoms with Crippen molar-refractivity contribution in [2.24, 2.45) is 11.8 Å². The molecular formula is C13H24O4. The van der Waals surface area contributed by atoms with Crippen molar-refractivity contribution in [1.82, 2.24) is 0 Å². The zero-order valence-corrected chi connectivity index (χ0v) is 11.4. The van der Waals surface area contributed by atoms with Gasteiger partial charge in [0.05, 0.1) is 11.8 Å². The number of carboxylic acids is 2. The third-order valence-electron chi connectivity index (χ3n) is 2.38. The first-order chi connectivity index (χ1) is 8.02. The molecule has 4 nitrogen and oxygen atoms in total. The van der Waals surface area contributed by atoms with E-state index in [-0.39, 0.29) is 0 Å². The van der Waals surface area contributed by atoms with Gasteiger partial charge in [0.15, 0.2) is 0 Å². The van der Waals surface area contributed by atoms with Gasteiger partial charge in [-0.25, -0.2) is 0 Å². The van der Waals surface area contributed by atoms with Crippen molar-refractivity contribution >= 4 is 11.9 Å². The van der Waals surface area contributed by atoms with Crippen molar-refractivity contribution in [2.45, 2.75) is 47.5 Å². The van der Waals surface area contributed by atoms with E-state index in [1.165, 1.54) is 0 Å². The molecule has 0 saturated heterocycles. The van der Waals surface area contributed by atoms with Gasteiger partial charge >= 0.3 is 11.9 Å². The zero-order chi connectivity index (χ0) is 14.0. The summed E-state index contributed by atoms with van der Waals surface area (Å²) in [5.41, 5.74) is 0.963. The SMILES string of the molecule is CC.CC.CC1=CC[C@H](C(=O)O)[C@H](C(=O)O)C1. The Hall–Kier alpha value is -1.32. The second-order valence-corrected chi connectivity index (χ2v) is 3.38. The highest BCUT2D eigenvalue weighted by Gasteiger charge is 2.35. The van der Waals surface area contributed by atoms with Crippen LogP contribution in [-0.4, -0.2) is 22.2 Å². The van der Waals surface area contributed by atoms with Crippen molar-refractivity contribution in [3.8, 4) is 0 Å². The topological polar surface area (TPSA) is 74.6 Å². The summed E-state index contributed by atoms with van der Waals surface area (Å²) in [6.45, 7) is 9.83. The van der Waals surface area contributed by atoms with Crippen molar-refractivity contribution in [1.29, 1.82) is 0 Å². The van der Waals surface area contributed by atoms with Crippen LogP contribution in [-0.2, 0) is 9.59 Å². The Morgan fingerprint density at radius 1 is 1.06 bits per heavy atom. The second kappa shape index (κ2) is 9.87. The fraction of sp³-hybridized carbons (Fsp3) is 0.692. The Labute approximate surface area is 103 Å². The normalized spacial score (nSPS) is 22.1. The third kappa shape index (κ3) is 6.09. The van der Waals surface area contributed by atoms with Gasteiger partial charge in [0.25, 0.3) is 0 Å². The lowest BCUT2D eigenvalue weighted by molar-refractivity contribution is -0.153. The first kappa shape index (κ1) is 18.1. The Kier molecular flexibility index (Phi) is 10.5. The van der Waals surface area contributed by atoms with Crippen LogP contribution in [0.5, 0.6) is 0 Å². The van der Waals surface area contributed by atoms with Gasteiger partial charge in [-0.3, -0.25) is 9.59 Å². The molecule has 0 aliphatic heterocycles. The predicted molar refractivity (Wildman–Crippen MR) is 67.9 cm³/mol. The average molecular weight is 244 g/mol. The third-order valence-corrected chi connectivity index (χ3v) is 2.38. The Morgan fingerprint density at radius 3 is 1.82 bits per heavy atom. The largest absolute Gasteiger partial charge is 0.481 e. The molecule has 1 aliphatic rings. The number of aliphatic carboxylic acids is 2. The first-order valence-electron chi connectivity index (χ1n) is 6.13. The molecule has 1 aliphatic carbocycles. The predicted octanol–water partition coefficient (Wildman–Crippen LogP) is 3.18. The van der Waals surface area contributed by atoms with E-state index in [9.17, 15) is 9.59 Å². The monoisotopic (exact) mass is 244 g/mol. The summed E-state index contributed by atoms with van der Waals surface area (Å²) in [6, 6.07) is 0. The molecule has 2 atom stereocenters. The number of hydrogen-bond donors (Lipinski definition) is 2. The maximum absolute atomic E-state index is 10.7. The number of carbonyl (C=O) groups is 2. The van der Waals surface area contributed by atoms with Crippen molar-refractivity contribution < 1.29 is 19.8 Å². The van der Waals surface area contributed by atoms with Crippen LogP contribution in [0.2, 0.25) is 0 Å². The summed E-state index contributed by atoms with van der Waals surface area (Å²) in [7, 11) is 0. The van der Waals surface area contributed by atoms with Crippen LogP contribution in [0.1, 0.15) is 47.5 Å². The molecule has 0 aromatic carbocycles. The molecule has 0 aromatic heterocycles. The number of carboxylic acid groups (broad SMARTS) is 2. The van der Waals surface area contributed by atoms with Gasteiger partial charge in [-0.1, -0.05) is 39.3 Å².